The number of aromatic carboxylic acids is 1. The van der Waals surface area contributed by atoms with Gasteiger partial charge in [0.25, 0.3) is 11.8 Å². The molecule has 12 nitrogen and oxygen atoms in total. The van der Waals surface area contributed by atoms with Crippen LogP contribution < -0.4 is 20.3 Å². The fourth-order valence-corrected chi connectivity index (χ4v) is 8.97. The largest absolute Gasteiger partial charge is 0.545 e. The first-order chi connectivity index (χ1) is 29.9. The third-order valence-electron chi connectivity index (χ3n) is 11.7. The van der Waals surface area contributed by atoms with Gasteiger partial charge in [0, 0.05) is 36.1 Å². The van der Waals surface area contributed by atoms with Gasteiger partial charge in [-0.05, 0) is 88.2 Å². The number of carboxylic acid groups (broad SMARTS) is 1. The molecule has 1 aliphatic heterocycles. The van der Waals surface area contributed by atoms with E-state index in [1.807, 2.05) is 56.3 Å². The fraction of sp³-hybridized carbons (Fsp3) is 0.140. The summed E-state index contributed by atoms with van der Waals surface area (Å²) < 4.78 is 13.7. The molecular formula is C50H37N3O9. The third kappa shape index (κ3) is 6.71. The Morgan fingerprint density at radius 3 is 2.10 bits per heavy atom. The summed E-state index contributed by atoms with van der Waals surface area (Å²) in [6.07, 6.45) is 0. The van der Waals surface area contributed by atoms with Gasteiger partial charge in [0.15, 0.2) is 0 Å². The molecule has 1 aliphatic carbocycles. The first-order valence-corrected chi connectivity index (χ1v) is 19.9. The Bertz CT molecular complexity index is 3050. The lowest BCUT2D eigenvalue weighted by molar-refractivity contribution is -0.633. The van der Waals surface area contributed by atoms with Gasteiger partial charge < -0.3 is 24.7 Å². The molecule has 6 aromatic carbocycles. The number of carbonyl (C=O) groups excluding carboxylic acids is 6. The number of cyclic esters (lactones) is 1. The van der Waals surface area contributed by atoms with Crippen LogP contribution in [0.25, 0.3) is 44.1 Å². The minimum Gasteiger partial charge on any atom is -0.545 e. The van der Waals surface area contributed by atoms with Crippen LogP contribution in [0.4, 0.5) is 5.69 Å². The Kier molecular flexibility index (Phi) is 9.90. The first-order valence-electron chi connectivity index (χ1n) is 19.9. The SMILES string of the molecule is CC(=O)NC(=O)c1ccc(-c2cc(C)c(COC(=O)C[n+]3c4ccccc4c(C(=O)[O-])c4ccccc43)c(C)c2)c2c1NC(=O)c1cccc3c1C(COC2=O)c1ccccc1-3. The van der Waals surface area contributed by atoms with E-state index in [2.05, 4.69) is 10.6 Å². The van der Waals surface area contributed by atoms with Crippen LogP contribution in [-0.4, -0.2) is 42.2 Å². The molecule has 0 fully saturated rings. The van der Waals surface area contributed by atoms with E-state index in [1.54, 1.807) is 71.3 Å². The molecule has 0 spiro atoms. The highest BCUT2D eigenvalue weighted by atomic mass is 16.5. The number of ether oxygens (including phenoxy) is 2. The highest BCUT2D eigenvalue weighted by Crippen LogP contribution is 2.47. The van der Waals surface area contributed by atoms with Gasteiger partial charge in [-0.3, -0.25) is 19.7 Å². The van der Waals surface area contributed by atoms with Crippen molar-refractivity contribution in [1.29, 1.82) is 0 Å². The number of fused-ring (bicyclic) bond motifs is 6. The number of carbonyl (C=O) groups is 6. The molecule has 2 aliphatic rings. The molecule has 1 unspecified atom stereocenters. The number of para-hydroxylation sites is 2. The number of benzene rings is 6. The second-order valence-corrected chi connectivity index (χ2v) is 15.4. The van der Waals surface area contributed by atoms with Crippen molar-refractivity contribution in [2.24, 2.45) is 0 Å². The molecule has 2 N–H and O–H groups in total. The zero-order valence-electron chi connectivity index (χ0n) is 33.8. The number of aromatic nitrogens is 1. The lowest BCUT2D eigenvalue weighted by Crippen LogP contribution is -2.41. The number of anilines is 1. The molecular weight excluding hydrogens is 787 g/mol. The van der Waals surface area contributed by atoms with Crippen molar-refractivity contribution < 1.29 is 47.9 Å². The van der Waals surface area contributed by atoms with Crippen LogP contribution in [0.5, 0.6) is 0 Å². The van der Waals surface area contributed by atoms with Gasteiger partial charge >= 0.3 is 11.9 Å². The van der Waals surface area contributed by atoms with Crippen molar-refractivity contribution >= 4 is 63.1 Å². The molecule has 1 atom stereocenters. The lowest BCUT2D eigenvalue weighted by atomic mass is 9.89. The maximum absolute atomic E-state index is 14.4. The van der Waals surface area contributed by atoms with Gasteiger partial charge in [0.2, 0.25) is 23.5 Å². The van der Waals surface area contributed by atoms with Crippen LogP contribution in [0.15, 0.2) is 115 Å². The molecule has 306 valence electrons. The third-order valence-corrected chi connectivity index (χ3v) is 11.7. The summed E-state index contributed by atoms with van der Waals surface area (Å²) in [5.41, 5.74) is 7.66. The number of carboxylic acids is 1. The van der Waals surface area contributed by atoms with E-state index < -0.39 is 41.5 Å². The number of nitrogens with zero attached hydrogens (tertiary/aromatic N) is 1. The second-order valence-electron chi connectivity index (χ2n) is 15.4. The Labute approximate surface area is 354 Å². The number of hydrogen-bond acceptors (Lipinski definition) is 9. The average molecular weight is 824 g/mol. The maximum Gasteiger partial charge on any atom is 0.373 e. The normalized spacial score (nSPS) is 14.0. The number of pyridine rings is 1. The predicted octanol–water partition coefficient (Wildman–Crippen LogP) is 6.48. The van der Waals surface area contributed by atoms with Gasteiger partial charge in [0.1, 0.15) is 13.2 Å². The Morgan fingerprint density at radius 1 is 0.790 bits per heavy atom. The van der Waals surface area contributed by atoms with E-state index in [9.17, 15) is 33.9 Å². The summed E-state index contributed by atoms with van der Waals surface area (Å²) >= 11 is 0. The molecule has 12 heteroatoms. The number of nitrogens with one attached hydrogen (secondary N) is 2. The first kappa shape index (κ1) is 39.5. The second kappa shape index (κ2) is 15.6. The number of hydrogen-bond donors (Lipinski definition) is 2. The van der Waals surface area contributed by atoms with Gasteiger partial charge in [-0.2, -0.15) is 4.57 Å². The smallest absolute Gasteiger partial charge is 0.373 e. The van der Waals surface area contributed by atoms with Crippen LogP contribution in [0.3, 0.4) is 0 Å². The van der Waals surface area contributed by atoms with E-state index in [0.717, 1.165) is 27.8 Å². The van der Waals surface area contributed by atoms with Gasteiger partial charge in [-0.15, -0.1) is 0 Å². The van der Waals surface area contributed by atoms with Gasteiger partial charge in [-0.1, -0.05) is 78.9 Å². The standard InChI is InChI=1S/C50H37N3O9/c1-26-21-29(22-27(2)38(26)24-61-42(55)23-53-40-17-8-6-13-34(40)44(49(58)59)35-14-7-9-18-41(35)53)30-19-20-37(48(57)51-28(3)54)46-45(30)50(60)62-25-39-32-12-5-4-11-31(32)33-15-10-16-36(43(33)39)47(56)52-46/h4-22,39H,23-25H2,1-3H3,(H2-,51,52,54,56,57,58,59,60). The number of rotatable bonds is 7. The quantitative estimate of drug-likeness (QED) is 0.104. The highest BCUT2D eigenvalue weighted by molar-refractivity contribution is 6.18. The molecule has 0 radical (unpaired) electrons. The zero-order chi connectivity index (χ0) is 43.4. The van der Waals surface area contributed by atoms with Crippen molar-refractivity contribution in [3.8, 4) is 22.3 Å². The van der Waals surface area contributed by atoms with Crippen molar-refractivity contribution in [3.63, 3.8) is 0 Å². The molecule has 0 saturated heterocycles. The molecule has 0 saturated carbocycles. The van der Waals surface area contributed by atoms with E-state index in [0.29, 0.717) is 49.6 Å². The van der Waals surface area contributed by atoms with Crippen LogP contribution in [0.2, 0.25) is 0 Å². The minimum atomic E-state index is -1.32. The summed E-state index contributed by atoms with van der Waals surface area (Å²) in [5, 5.41) is 18.2. The van der Waals surface area contributed by atoms with E-state index in [4.69, 9.17) is 9.47 Å². The molecule has 1 aromatic heterocycles. The topological polar surface area (TPSA) is 172 Å². The van der Waals surface area contributed by atoms with Crippen LogP contribution in [0.1, 0.15) is 82.1 Å². The predicted molar refractivity (Wildman–Crippen MR) is 227 cm³/mol. The molecule has 9 rings (SSSR count). The van der Waals surface area contributed by atoms with Gasteiger partial charge in [0.05, 0.1) is 33.6 Å². The van der Waals surface area contributed by atoms with Crippen molar-refractivity contribution in [2.45, 2.75) is 39.8 Å². The van der Waals surface area contributed by atoms with Crippen LogP contribution >= 0.6 is 0 Å². The molecule has 0 bridgehead atoms. The zero-order valence-corrected chi connectivity index (χ0v) is 33.8. The summed E-state index contributed by atoms with van der Waals surface area (Å²) in [4.78, 5) is 80.2. The van der Waals surface area contributed by atoms with Crippen LogP contribution in [0, 0.1) is 13.8 Å². The average Bonchev–Trinajstić information content (AvgIpc) is 3.57. The lowest BCUT2D eigenvalue weighted by Gasteiger charge is -2.24. The summed E-state index contributed by atoms with van der Waals surface area (Å²) in [6, 6.07) is 33.6. The van der Waals surface area contributed by atoms with E-state index in [1.165, 1.54) is 13.0 Å². The van der Waals surface area contributed by atoms with Crippen LogP contribution in [-0.2, 0) is 32.2 Å². The number of imide groups is 1. The van der Waals surface area contributed by atoms with E-state index >= 15 is 0 Å². The Morgan fingerprint density at radius 2 is 1.42 bits per heavy atom. The molecule has 3 amide bonds. The molecule has 7 aromatic rings. The highest BCUT2D eigenvalue weighted by Gasteiger charge is 2.36. The van der Waals surface area contributed by atoms with E-state index in [-0.39, 0.29) is 42.1 Å². The minimum absolute atomic E-state index is 0.0405. The number of esters is 2. The van der Waals surface area contributed by atoms with Crippen molar-refractivity contribution in [2.75, 3.05) is 11.9 Å². The Hall–Kier alpha value is -7.99. The monoisotopic (exact) mass is 823 g/mol. The molecule has 62 heavy (non-hydrogen) atoms. The maximum atomic E-state index is 14.4. The summed E-state index contributed by atoms with van der Waals surface area (Å²) in [7, 11) is 0. The summed E-state index contributed by atoms with van der Waals surface area (Å²) in [5.74, 6) is -5.06. The fourth-order valence-electron chi connectivity index (χ4n) is 8.97. The Balaban J connectivity index is 1.07. The number of amides is 3. The number of aryl methyl sites for hydroxylation is 2. The molecule has 2 heterocycles. The summed E-state index contributed by atoms with van der Waals surface area (Å²) in [6.45, 7) is 4.50. The van der Waals surface area contributed by atoms with Gasteiger partial charge in [-0.25, -0.2) is 9.59 Å². The van der Waals surface area contributed by atoms with Crippen molar-refractivity contribution in [1.82, 2.24) is 5.32 Å². The van der Waals surface area contributed by atoms with Crippen molar-refractivity contribution in [3.05, 3.63) is 165 Å².